The lowest BCUT2D eigenvalue weighted by atomic mass is 10.2. The summed E-state index contributed by atoms with van der Waals surface area (Å²) in [6, 6.07) is 13.2. The predicted octanol–water partition coefficient (Wildman–Crippen LogP) is 1.82. The third-order valence-corrected chi connectivity index (χ3v) is 5.03. The van der Waals surface area contributed by atoms with Crippen LogP contribution in [0.5, 0.6) is 0 Å². The summed E-state index contributed by atoms with van der Waals surface area (Å²) in [6.07, 6.45) is 2.21. The number of nitrogens with one attached hydrogen (secondary N) is 3. The summed E-state index contributed by atoms with van der Waals surface area (Å²) in [6.45, 7) is 1.29. The van der Waals surface area contributed by atoms with Crippen LogP contribution in [0.2, 0.25) is 0 Å². The van der Waals surface area contributed by atoms with Crippen molar-refractivity contribution in [3.63, 3.8) is 0 Å². The lowest BCUT2D eigenvalue weighted by molar-refractivity contribution is -0.910. The summed E-state index contributed by atoms with van der Waals surface area (Å²) in [4.78, 5) is 26.5. The van der Waals surface area contributed by atoms with Crippen molar-refractivity contribution in [1.82, 2.24) is 5.32 Å². The van der Waals surface area contributed by atoms with Gasteiger partial charge in [-0.25, -0.2) is 4.79 Å². The molecule has 1 saturated heterocycles. The summed E-state index contributed by atoms with van der Waals surface area (Å²) in [7, 11) is 0. The standard InChI is InChI=1S/C17H19N3O2S/c21-16(19-17(22)18-13-6-2-1-3-7-13)12-20-10-4-8-14(20)15-9-5-11-23-15/h1-3,5-7,9,11,14H,4,8,10,12H2,(H2,18,19,21,22)/p+1/t14-/m0/s1. The average Bonchev–Trinajstić information content (AvgIpc) is 3.18. The first-order chi connectivity index (χ1) is 11.2. The zero-order valence-electron chi connectivity index (χ0n) is 12.7. The summed E-state index contributed by atoms with van der Waals surface area (Å²) < 4.78 is 0. The Morgan fingerprint density at radius 2 is 2.00 bits per heavy atom. The Bertz CT molecular complexity index is 658. The van der Waals surface area contributed by atoms with Gasteiger partial charge in [0.2, 0.25) is 0 Å². The molecule has 1 fully saturated rings. The van der Waals surface area contributed by atoms with Gasteiger partial charge in [-0.2, -0.15) is 0 Å². The molecule has 5 nitrogen and oxygen atoms in total. The molecule has 1 aromatic heterocycles. The zero-order chi connectivity index (χ0) is 16.1. The third-order valence-electron chi connectivity index (χ3n) is 4.04. The molecule has 0 spiro atoms. The molecular weight excluding hydrogens is 310 g/mol. The van der Waals surface area contributed by atoms with E-state index in [4.69, 9.17) is 0 Å². The molecule has 3 N–H and O–H groups in total. The van der Waals surface area contributed by atoms with E-state index in [-0.39, 0.29) is 5.91 Å². The summed E-state index contributed by atoms with van der Waals surface area (Å²) in [5.74, 6) is -0.239. The Kier molecular flexibility index (Phi) is 5.05. The van der Waals surface area contributed by atoms with Gasteiger partial charge in [-0.3, -0.25) is 10.1 Å². The number of para-hydroxylation sites is 1. The molecule has 3 rings (SSSR count). The number of hydrogen-bond donors (Lipinski definition) is 3. The van der Waals surface area contributed by atoms with E-state index < -0.39 is 6.03 Å². The van der Waals surface area contributed by atoms with Crippen molar-refractivity contribution < 1.29 is 14.5 Å². The molecule has 1 aliphatic heterocycles. The van der Waals surface area contributed by atoms with Crippen molar-refractivity contribution >= 4 is 29.0 Å². The van der Waals surface area contributed by atoms with Gasteiger partial charge in [-0.15, -0.1) is 11.3 Å². The van der Waals surface area contributed by atoms with Gasteiger partial charge >= 0.3 is 6.03 Å². The van der Waals surface area contributed by atoms with E-state index in [2.05, 4.69) is 22.1 Å². The Morgan fingerprint density at radius 3 is 2.74 bits per heavy atom. The number of likely N-dealkylation sites (tertiary alicyclic amines) is 1. The van der Waals surface area contributed by atoms with E-state index in [1.54, 1.807) is 23.5 Å². The topological polar surface area (TPSA) is 62.6 Å². The molecule has 0 aliphatic carbocycles. The normalized spacial score (nSPS) is 20.2. The number of hydrogen-bond acceptors (Lipinski definition) is 3. The highest BCUT2D eigenvalue weighted by atomic mass is 32.1. The highest BCUT2D eigenvalue weighted by Gasteiger charge is 2.32. The van der Waals surface area contributed by atoms with Crippen molar-refractivity contribution in [2.24, 2.45) is 0 Å². The van der Waals surface area contributed by atoms with Crippen LogP contribution in [0.25, 0.3) is 0 Å². The van der Waals surface area contributed by atoms with E-state index in [1.165, 1.54) is 9.78 Å². The minimum absolute atomic E-state index is 0.239. The highest BCUT2D eigenvalue weighted by Crippen LogP contribution is 2.23. The van der Waals surface area contributed by atoms with E-state index in [0.29, 0.717) is 18.3 Å². The van der Waals surface area contributed by atoms with Gasteiger partial charge in [-0.1, -0.05) is 24.3 Å². The van der Waals surface area contributed by atoms with E-state index in [9.17, 15) is 9.59 Å². The van der Waals surface area contributed by atoms with Crippen LogP contribution in [0.1, 0.15) is 23.8 Å². The number of carbonyl (C=O) groups is 2. The van der Waals surface area contributed by atoms with Crippen LogP contribution in [0.3, 0.4) is 0 Å². The average molecular weight is 330 g/mol. The molecule has 0 saturated carbocycles. The van der Waals surface area contributed by atoms with E-state index >= 15 is 0 Å². The van der Waals surface area contributed by atoms with E-state index in [0.717, 1.165) is 19.4 Å². The molecule has 1 aliphatic rings. The number of anilines is 1. The number of imide groups is 1. The van der Waals surface area contributed by atoms with Crippen LogP contribution >= 0.6 is 11.3 Å². The minimum atomic E-state index is -0.479. The van der Waals surface area contributed by atoms with Gasteiger partial charge in [0.15, 0.2) is 6.54 Å². The number of rotatable bonds is 4. The molecule has 1 aromatic carbocycles. The molecule has 1 unspecified atom stereocenters. The number of benzene rings is 1. The minimum Gasteiger partial charge on any atom is -0.320 e. The molecule has 2 heterocycles. The fourth-order valence-corrected chi connectivity index (χ4v) is 3.94. The monoisotopic (exact) mass is 330 g/mol. The molecule has 120 valence electrons. The summed E-state index contributed by atoms with van der Waals surface area (Å²) >= 11 is 1.73. The van der Waals surface area contributed by atoms with Crippen LogP contribution in [0.15, 0.2) is 47.8 Å². The maximum atomic E-state index is 12.1. The Balaban J connectivity index is 1.52. The van der Waals surface area contributed by atoms with Crippen molar-refractivity contribution in [2.75, 3.05) is 18.4 Å². The van der Waals surface area contributed by atoms with Crippen LogP contribution < -0.4 is 15.5 Å². The Morgan fingerprint density at radius 1 is 1.17 bits per heavy atom. The molecule has 0 radical (unpaired) electrons. The number of carbonyl (C=O) groups excluding carboxylic acids is 2. The van der Waals surface area contributed by atoms with Crippen molar-refractivity contribution in [3.05, 3.63) is 52.7 Å². The van der Waals surface area contributed by atoms with Gasteiger partial charge in [0.05, 0.1) is 11.4 Å². The lowest BCUT2D eigenvalue weighted by Gasteiger charge is -2.19. The number of amides is 3. The molecule has 2 aromatic rings. The second kappa shape index (κ2) is 7.39. The Hall–Kier alpha value is -2.18. The molecule has 2 atom stereocenters. The first-order valence-corrected chi connectivity index (χ1v) is 8.64. The van der Waals surface area contributed by atoms with Gasteiger partial charge in [-0.05, 0) is 23.6 Å². The number of urea groups is 1. The van der Waals surface area contributed by atoms with Crippen molar-refractivity contribution in [3.8, 4) is 0 Å². The number of quaternary nitrogens is 1. The fourth-order valence-electron chi connectivity index (χ4n) is 3.02. The van der Waals surface area contributed by atoms with Crippen LogP contribution in [-0.4, -0.2) is 25.0 Å². The second-order valence-electron chi connectivity index (χ2n) is 5.66. The van der Waals surface area contributed by atoms with Gasteiger partial charge in [0.1, 0.15) is 6.04 Å². The van der Waals surface area contributed by atoms with Crippen LogP contribution in [-0.2, 0) is 4.79 Å². The Labute approximate surface area is 139 Å². The van der Waals surface area contributed by atoms with Crippen molar-refractivity contribution in [2.45, 2.75) is 18.9 Å². The lowest BCUT2D eigenvalue weighted by Crippen LogP contribution is -3.11. The predicted molar refractivity (Wildman–Crippen MR) is 90.6 cm³/mol. The molecular formula is C17H20N3O2S+. The second-order valence-corrected chi connectivity index (χ2v) is 6.64. The van der Waals surface area contributed by atoms with Gasteiger partial charge in [0, 0.05) is 18.5 Å². The maximum Gasteiger partial charge on any atom is 0.326 e. The maximum absolute atomic E-state index is 12.1. The fraction of sp³-hybridized carbons (Fsp3) is 0.294. The largest absolute Gasteiger partial charge is 0.326 e. The zero-order valence-corrected chi connectivity index (χ0v) is 13.6. The number of thiophene rings is 1. The van der Waals surface area contributed by atoms with Crippen LogP contribution in [0, 0.1) is 0 Å². The SMILES string of the molecule is O=C(C[NH+]1CCC[C@H]1c1cccs1)NC(=O)Nc1ccccc1. The molecule has 0 bridgehead atoms. The van der Waals surface area contributed by atoms with Gasteiger partial charge in [0.25, 0.3) is 5.91 Å². The molecule has 6 heteroatoms. The first kappa shape index (κ1) is 15.7. The molecule has 3 amide bonds. The smallest absolute Gasteiger partial charge is 0.320 e. The highest BCUT2D eigenvalue weighted by molar-refractivity contribution is 7.10. The first-order valence-electron chi connectivity index (χ1n) is 7.76. The van der Waals surface area contributed by atoms with Gasteiger partial charge < -0.3 is 10.2 Å². The summed E-state index contributed by atoms with van der Waals surface area (Å²) in [5.41, 5.74) is 0.669. The third kappa shape index (κ3) is 4.18. The van der Waals surface area contributed by atoms with Crippen LogP contribution in [0.4, 0.5) is 10.5 Å². The molecule has 23 heavy (non-hydrogen) atoms. The van der Waals surface area contributed by atoms with E-state index in [1.807, 2.05) is 24.3 Å². The summed E-state index contributed by atoms with van der Waals surface area (Å²) in [5, 5.41) is 7.14. The van der Waals surface area contributed by atoms with Crippen molar-refractivity contribution in [1.29, 1.82) is 0 Å². The quantitative estimate of drug-likeness (QED) is 0.801.